The third-order valence-electron chi connectivity index (χ3n) is 2.69. The SMILES string of the molecule is CNC(C(=O)NCCS(=O)(=O)NC(C)C)c1cnn(C)c1.Cl. The van der Waals surface area contributed by atoms with E-state index in [-0.39, 0.29) is 36.7 Å². The van der Waals surface area contributed by atoms with Gasteiger partial charge in [0.2, 0.25) is 15.9 Å². The van der Waals surface area contributed by atoms with E-state index in [0.717, 1.165) is 5.56 Å². The van der Waals surface area contributed by atoms with Gasteiger partial charge in [-0.05, 0) is 20.9 Å². The molecule has 0 bridgehead atoms. The van der Waals surface area contributed by atoms with Crippen LogP contribution in [0, 0.1) is 0 Å². The number of aryl methyl sites for hydroxylation is 1. The maximum atomic E-state index is 12.1. The minimum atomic E-state index is -3.37. The summed E-state index contributed by atoms with van der Waals surface area (Å²) in [6.07, 6.45) is 3.33. The summed E-state index contributed by atoms with van der Waals surface area (Å²) >= 11 is 0. The molecule has 0 aromatic carbocycles. The first-order valence-electron chi connectivity index (χ1n) is 6.68. The van der Waals surface area contributed by atoms with Crippen LogP contribution in [0.15, 0.2) is 12.4 Å². The second kappa shape index (κ2) is 9.09. The summed E-state index contributed by atoms with van der Waals surface area (Å²) in [4.78, 5) is 12.1. The molecule has 1 heterocycles. The van der Waals surface area contributed by atoms with Crippen molar-refractivity contribution in [3.8, 4) is 0 Å². The van der Waals surface area contributed by atoms with Crippen LogP contribution in [0.3, 0.4) is 0 Å². The molecule has 22 heavy (non-hydrogen) atoms. The molecule has 1 unspecified atom stereocenters. The van der Waals surface area contributed by atoms with Crippen LogP contribution in [-0.4, -0.2) is 49.5 Å². The smallest absolute Gasteiger partial charge is 0.241 e. The molecule has 1 aromatic heterocycles. The van der Waals surface area contributed by atoms with E-state index in [1.54, 1.807) is 45.0 Å². The van der Waals surface area contributed by atoms with Crippen molar-refractivity contribution in [1.82, 2.24) is 25.1 Å². The van der Waals surface area contributed by atoms with E-state index in [9.17, 15) is 13.2 Å². The van der Waals surface area contributed by atoms with Gasteiger partial charge >= 0.3 is 0 Å². The van der Waals surface area contributed by atoms with Gasteiger partial charge in [0.25, 0.3) is 0 Å². The average molecular weight is 354 g/mol. The zero-order valence-electron chi connectivity index (χ0n) is 13.2. The molecule has 1 atom stereocenters. The molecule has 0 spiro atoms. The second-order valence-electron chi connectivity index (χ2n) is 5.05. The summed E-state index contributed by atoms with van der Waals surface area (Å²) in [7, 11) is 0.0522. The molecule has 1 amide bonds. The van der Waals surface area contributed by atoms with E-state index in [1.807, 2.05) is 0 Å². The predicted octanol–water partition coefficient (Wildman–Crippen LogP) is -0.454. The number of carbonyl (C=O) groups is 1. The highest BCUT2D eigenvalue weighted by atomic mass is 35.5. The Kier molecular flexibility index (Phi) is 8.61. The molecule has 1 aromatic rings. The summed E-state index contributed by atoms with van der Waals surface area (Å²) < 4.78 is 27.4. The van der Waals surface area contributed by atoms with Crippen molar-refractivity contribution in [2.24, 2.45) is 7.05 Å². The number of nitrogens with one attached hydrogen (secondary N) is 3. The van der Waals surface area contributed by atoms with Crippen molar-refractivity contribution in [3.63, 3.8) is 0 Å². The van der Waals surface area contributed by atoms with Crippen LogP contribution in [0.4, 0.5) is 0 Å². The molecule has 0 aliphatic carbocycles. The summed E-state index contributed by atoms with van der Waals surface area (Å²) in [5, 5.41) is 9.50. The van der Waals surface area contributed by atoms with Crippen molar-refractivity contribution in [3.05, 3.63) is 18.0 Å². The summed E-state index contributed by atoms with van der Waals surface area (Å²) in [5.41, 5.74) is 0.723. The van der Waals surface area contributed by atoms with Gasteiger partial charge in [-0.15, -0.1) is 12.4 Å². The molecular formula is C12H24ClN5O3S. The van der Waals surface area contributed by atoms with Crippen molar-refractivity contribution in [1.29, 1.82) is 0 Å². The van der Waals surface area contributed by atoms with Gasteiger partial charge in [-0.2, -0.15) is 5.10 Å². The Bertz CT molecular complexity index is 573. The third kappa shape index (κ3) is 6.73. The minimum absolute atomic E-state index is 0. The summed E-state index contributed by atoms with van der Waals surface area (Å²) in [6, 6.07) is -0.717. The molecule has 1 rings (SSSR count). The van der Waals surface area contributed by atoms with Gasteiger partial charge in [-0.1, -0.05) is 0 Å². The van der Waals surface area contributed by atoms with Crippen molar-refractivity contribution >= 4 is 28.3 Å². The fourth-order valence-electron chi connectivity index (χ4n) is 1.87. The third-order valence-corrected chi connectivity index (χ3v) is 4.27. The molecule has 0 saturated heterocycles. The van der Waals surface area contributed by atoms with Crippen LogP contribution in [0.5, 0.6) is 0 Å². The van der Waals surface area contributed by atoms with E-state index in [4.69, 9.17) is 0 Å². The number of halogens is 1. The first-order chi connectivity index (χ1) is 9.75. The van der Waals surface area contributed by atoms with Gasteiger partial charge < -0.3 is 10.6 Å². The van der Waals surface area contributed by atoms with Crippen molar-refractivity contribution in [2.45, 2.75) is 25.9 Å². The average Bonchev–Trinajstić information content (AvgIpc) is 2.74. The molecule has 8 nitrogen and oxygen atoms in total. The fraction of sp³-hybridized carbons (Fsp3) is 0.667. The standard InChI is InChI=1S/C12H23N5O3S.ClH/c1-9(2)16-21(19,20)6-5-14-12(18)11(13-3)10-7-15-17(4)8-10;/h7-9,11,13,16H,5-6H2,1-4H3,(H,14,18);1H. The van der Waals surface area contributed by atoms with Crippen LogP contribution in [0.2, 0.25) is 0 Å². The van der Waals surface area contributed by atoms with Crippen LogP contribution in [0.1, 0.15) is 25.5 Å². The number of amides is 1. The molecule has 0 fully saturated rings. The summed E-state index contributed by atoms with van der Waals surface area (Å²) in [6.45, 7) is 3.55. The molecule has 3 N–H and O–H groups in total. The highest BCUT2D eigenvalue weighted by molar-refractivity contribution is 7.89. The number of hydrogen-bond acceptors (Lipinski definition) is 5. The molecule has 10 heteroatoms. The normalized spacial score (nSPS) is 12.8. The molecule has 0 radical (unpaired) electrons. The van der Waals surface area contributed by atoms with Gasteiger partial charge in [0.1, 0.15) is 6.04 Å². The number of hydrogen-bond donors (Lipinski definition) is 3. The van der Waals surface area contributed by atoms with E-state index in [1.165, 1.54) is 0 Å². The number of rotatable bonds is 8. The lowest BCUT2D eigenvalue weighted by Gasteiger charge is -2.15. The first kappa shape index (κ1) is 20.8. The topological polar surface area (TPSA) is 105 Å². The predicted molar refractivity (Wildman–Crippen MR) is 87.3 cm³/mol. The number of sulfonamides is 1. The lowest BCUT2D eigenvalue weighted by Crippen LogP contribution is -2.40. The Morgan fingerprint density at radius 2 is 2.05 bits per heavy atom. The number of carbonyl (C=O) groups excluding carboxylic acids is 1. The lowest BCUT2D eigenvalue weighted by molar-refractivity contribution is -0.123. The van der Waals surface area contributed by atoms with Gasteiger partial charge in [0.15, 0.2) is 0 Å². The number of nitrogens with zero attached hydrogens (tertiary/aromatic N) is 2. The Hall–Kier alpha value is -1.16. The maximum absolute atomic E-state index is 12.1. The van der Waals surface area contributed by atoms with Crippen LogP contribution in [0.25, 0.3) is 0 Å². The van der Waals surface area contributed by atoms with Gasteiger partial charge in [-0.25, -0.2) is 13.1 Å². The van der Waals surface area contributed by atoms with E-state index >= 15 is 0 Å². The Morgan fingerprint density at radius 1 is 1.41 bits per heavy atom. The zero-order chi connectivity index (χ0) is 16.0. The molecular weight excluding hydrogens is 330 g/mol. The number of likely N-dealkylation sites (N-methyl/N-ethyl adjacent to an activating group) is 1. The van der Waals surface area contributed by atoms with Gasteiger partial charge in [0.05, 0.1) is 11.9 Å². The monoisotopic (exact) mass is 353 g/mol. The second-order valence-corrected chi connectivity index (χ2v) is 6.92. The fourth-order valence-corrected chi connectivity index (χ4v) is 3.07. The largest absolute Gasteiger partial charge is 0.353 e. The van der Waals surface area contributed by atoms with Crippen molar-refractivity contribution < 1.29 is 13.2 Å². The number of aromatic nitrogens is 2. The molecule has 128 valence electrons. The Labute approximate surface area is 137 Å². The van der Waals surface area contributed by atoms with E-state index in [0.29, 0.717) is 0 Å². The molecule has 0 aliphatic rings. The Balaban J connectivity index is 0.00000441. The summed E-state index contributed by atoms with van der Waals surface area (Å²) in [5.74, 6) is -0.439. The highest BCUT2D eigenvalue weighted by Gasteiger charge is 2.20. The van der Waals surface area contributed by atoms with Crippen LogP contribution < -0.4 is 15.4 Å². The lowest BCUT2D eigenvalue weighted by atomic mass is 10.1. The quantitative estimate of drug-likeness (QED) is 0.587. The minimum Gasteiger partial charge on any atom is -0.353 e. The highest BCUT2D eigenvalue weighted by Crippen LogP contribution is 2.10. The van der Waals surface area contributed by atoms with Crippen LogP contribution in [-0.2, 0) is 21.9 Å². The van der Waals surface area contributed by atoms with Gasteiger partial charge in [-0.3, -0.25) is 9.48 Å². The zero-order valence-corrected chi connectivity index (χ0v) is 14.8. The first-order valence-corrected chi connectivity index (χ1v) is 8.34. The molecule has 0 aliphatic heterocycles. The molecule has 0 saturated carbocycles. The maximum Gasteiger partial charge on any atom is 0.241 e. The van der Waals surface area contributed by atoms with E-state index in [2.05, 4.69) is 20.5 Å². The van der Waals surface area contributed by atoms with Crippen LogP contribution >= 0.6 is 12.4 Å². The van der Waals surface area contributed by atoms with E-state index < -0.39 is 16.1 Å². The van der Waals surface area contributed by atoms with Gasteiger partial charge in [0, 0.05) is 31.4 Å². The Morgan fingerprint density at radius 3 is 2.50 bits per heavy atom. The van der Waals surface area contributed by atoms with Crippen molar-refractivity contribution in [2.75, 3.05) is 19.3 Å².